The van der Waals surface area contributed by atoms with Gasteiger partial charge in [-0.05, 0) is 31.5 Å². The first-order chi connectivity index (χ1) is 10.2. The van der Waals surface area contributed by atoms with Gasteiger partial charge in [-0.15, -0.1) is 0 Å². The van der Waals surface area contributed by atoms with E-state index in [1.54, 1.807) is 0 Å². The van der Waals surface area contributed by atoms with Crippen molar-refractivity contribution in [3.63, 3.8) is 0 Å². The molecular weight excluding hydrogens is 260 g/mol. The van der Waals surface area contributed by atoms with Gasteiger partial charge < -0.3 is 4.90 Å². The van der Waals surface area contributed by atoms with Crippen LogP contribution in [0.5, 0.6) is 0 Å². The molecule has 2 heterocycles. The van der Waals surface area contributed by atoms with Gasteiger partial charge in [-0.2, -0.15) is 6.92 Å². The number of ketones is 1. The van der Waals surface area contributed by atoms with Gasteiger partial charge in [-0.25, -0.2) is 0 Å². The molecular formula is C18H23N2O-. The molecule has 3 rings (SSSR count). The first-order valence-corrected chi connectivity index (χ1v) is 7.71. The lowest BCUT2D eigenvalue weighted by molar-refractivity contribution is -0.114. The van der Waals surface area contributed by atoms with Gasteiger partial charge in [-0.1, -0.05) is 36.9 Å². The predicted octanol–water partition coefficient (Wildman–Crippen LogP) is 2.64. The second-order valence-corrected chi connectivity index (χ2v) is 6.07. The molecule has 2 saturated heterocycles. The van der Waals surface area contributed by atoms with Crippen LogP contribution in [-0.4, -0.2) is 40.8 Å². The van der Waals surface area contributed by atoms with Crippen LogP contribution < -0.4 is 0 Å². The maximum atomic E-state index is 12.2. The minimum absolute atomic E-state index is 0.119. The lowest BCUT2D eigenvalue weighted by atomic mass is 9.81. The standard InChI is InChI=1S/C18H23N2O/c1-3-19-11-9-18(10-12-19)15(2)17(21)14-20(18)13-16-7-5-4-6-8-16/h3-8H,2,9-14H2,1H3/q-1. The Bertz CT molecular complexity index is 529. The Morgan fingerprint density at radius 2 is 1.90 bits per heavy atom. The van der Waals surface area contributed by atoms with E-state index in [4.69, 9.17) is 0 Å². The molecule has 0 radical (unpaired) electrons. The summed E-state index contributed by atoms with van der Waals surface area (Å²) in [6.07, 6.45) is 1.99. The van der Waals surface area contributed by atoms with Gasteiger partial charge in [0.15, 0.2) is 5.78 Å². The van der Waals surface area contributed by atoms with E-state index in [-0.39, 0.29) is 11.3 Å². The van der Waals surface area contributed by atoms with E-state index < -0.39 is 0 Å². The van der Waals surface area contributed by atoms with Gasteiger partial charge in [0, 0.05) is 12.1 Å². The average molecular weight is 283 g/mol. The maximum absolute atomic E-state index is 12.2. The zero-order chi connectivity index (χ0) is 14.9. The van der Waals surface area contributed by atoms with E-state index in [0.29, 0.717) is 6.54 Å². The highest BCUT2D eigenvalue weighted by Crippen LogP contribution is 2.41. The predicted molar refractivity (Wildman–Crippen MR) is 84.5 cm³/mol. The molecule has 21 heavy (non-hydrogen) atoms. The lowest BCUT2D eigenvalue weighted by Gasteiger charge is -2.48. The minimum atomic E-state index is -0.119. The summed E-state index contributed by atoms with van der Waals surface area (Å²) >= 11 is 0. The summed E-state index contributed by atoms with van der Waals surface area (Å²) in [6.45, 7) is 11.7. The number of Topliss-reactive ketones (excluding diaryl/α,β-unsaturated/α-hetero) is 1. The third-order valence-electron chi connectivity index (χ3n) is 5.04. The monoisotopic (exact) mass is 283 g/mol. The quantitative estimate of drug-likeness (QED) is 0.629. The third kappa shape index (κ3) is 2.56. The number of hydrogen-bond acceptors (Lipinski definition) is 3. The Labute approximate surface area is 127 Å². The number of rotatable bonds is 3. The molecule has 3 heteroatoms. The van der Waals surface area contributed by atoms with Crippen molar-refractivity contribution in [3.8, 4) is 0 Å². The molecule has 0 N–H and O–H groups in total. The normalized spacial score (nSPS) is 23.1. The molecule has 3 nitrogen and oxygen atoms in total. The SMILES string of the molecule is C=C1C(=O)CN(Cc2ccccc2)C12CCN([CH-]C)CC2. The molecule has 0 bridgehead atoms. The fourth-order valence-corrected chi connectivity index (χ4v) is 3.65. The van der Waals surface area contributed by atoms with Crippen LogP contribution in [0.25, 0.3) is 0 Å². The Morgan fingerprint density at radius 3 is 2.52 bits per heavy atom. The molecule has 0 amide bonds. The zero-order valence-corrected chi connectivity index (χ0v) is 12.7. The van der Waals surface area contributed by atoms with E-state index in [0.717, 1.165) is 38.0 Å². The van der Waals surface area contributed by atoms with Crippen LogP contribution in [0.2, 0.25) is 0 Å². The van der Waals surface area contributed by atoms with Gasteiger partial charge in [0.25, 0.3) is 0 Å². The number of likely N-dealkylation sites (tertiary alicyclic amines) is 2. The molecule has 0 aliphatic carbocycles. The zero-order valence-electron chi connectivity index (χ0n) is 12.7. The highest BCUT2D eigenvalue weighted by atomic mass is 16.1. The third-order valence-corrected chi connectivity index (χ3v) is 5.04. The van der Waals surface area contributed by atoms with Crippen molar-refractivity contribution in [2.24, 2.45) is 0 Å². The number of piperidine rings is 1. The largest absolute Gasteiger partial charge is 0.456 e. The summed E-state index contributed by atoms with van der Waals surface area (Å²) in [5.41, 5.74) is 1.98. The van der Waals surface area contributed by atoms with Gasteiger partial charge in [0.2, 0.25) is 0 Å². The number of carbonyl (C=O) groups excluding carboxylic acids is 1. The van der Waals surface area contributed by atoms with Crippen molar-refractivity contribution >= 4 is 5.78 Å². The molecule has 112 valence electrons. The van der Waals surface area contributed by atoms with Crippen molar-refractivity contribution in [1.29, 1.82) is 0 Å². The summed E-state index contributed by atoms with van der Waals surface area (Å²) in [4.78, 5) is 16.9. The Hall–Kier alpha value is -1.45. The smallest absolute Gasteiger partial charge is 0.174 e. The van der Waals surface area contributed by atoms with Gasteiger partial charge in [-0.3, -0.25) is 16.2 Å². The number of carbonyl (C=O) groups is 1. The number of benzene rings is 1. The maximum Gasteiger partial charge on any atom is 0.174 e. The van der Waals surface area contributed by atoms with Crippen molar-refractivity contribution < 1.29 is 4.79 Å². The number of nitrogens with zero attached hydrogens (tertiary/aromatic N) is 2. The molecule has 0 unspecified atom stereocenters. The molecule has 0 aromatic heterocycles. The first kappa shape index (κ1) is 14.5. The first-order valence-electron chi connectivity index (χ1n) is 7.71. The van der Waals surface area contributed by atoms with Gasteiger partial charge >= 0.3 is 0 Å². The molecule has 1 spiro atoms. The van der Waals surface area contributed by atoms with Crippen molar-refractivity contribution in [2.75, 3.05) is 19.6 Å². The van der Waals surface area contributed by atoms with Crippen LogP contribution in [0.4, 0.5) is 0 Å². The fourth-order valence-electron chi connectivity index (χ4n) is 3.65. The van der Waals surface area contributed by atoms with Gasteiger partial charge in [0.1, 0.15) is 0 Å². The highest BCUT2D eigenvalue weighted by Gasteiger charge is 2.48. The van der Waals surface area contributed by atoms with Gasteiger partial charge in [0.05, 0.1) is 12.1 Å². The van der Waals surface area contributed by atoms with E-state index in [2.05, 4.69) is 54.1 Å². The molecule has 2 aliphatic heterocycles. The summed E-state index contributed by atoms with van der Waals surface area (Å²) in [5, 5.41) is 0. The minimum Gasteiger partial charge on any atom is -0.456 e. The van der Waals surface area contributed by atoms with E-state index >= 15 is 0 Å². The van der Waals surface area contributed by atoms with Crippen molar-refractivity contribution in [1.82, 2.24) is 9.80 Å². The van der Waals surface area contributed by atoms with Crippen LogP contribution in [0.15, 0.2) is 42.5 Å². The fraction of sp³-hybridized carbons (Fsp3) is 0.444. The molecule has 2 aliphatic rings. The second kappa shape index (κ2) is 5.74. The Kier molecular flexibility index (Phi) is 3.96. The van der Waals surface area contributed by atoms with E-state index in [1.165, 1.54) is 5.56 Å². The number of hydrogen-bond donors (Lipinski definition) is 0. The molecule has 1 aromatic carbocycles. The topological polar surface area (TPSA) is 23.6 Å². The molecule has 1 aromatic rings. The van der Waals surface area contributed by atoms with E-state index in [9.17, 15) is 4.79 Å². The van der Waals surface area contributed by atoms with Crippen LogP contribution in [0.3, 0.4) is 0 Å². The average Bonchev–Trinajstić information content (AvgIpc) is 2.74. The van der Waals surface area contributed by atoms with Crippen LogP contribution in [0, 0.1) is 6.54 Å². The van der Waals surface area contributed by atoms with Crippen LogP contribution in [0.1, 0.15) is 25.3 Å². The summed E-state index contributed by atoms with van der Waals surface area (Å²) < 4.78 is 0. The Balaban J connectivity index is 1.82. The summed E-state index contributed by atoms with van der Waals surface area (Å²) in [5.74, 6) is 0.222. The molecule has 0 atom stereocenters. The molecule has 2 fully saturated rings. The second-order valence-electron chi connectivity index (χ2n) is 6.07. The summed E-state index contributed by atoms with van der Waals surface area (Å²) in [6, 6.07) is 10.4. The lowest BCUT2D eigenvalue weighted by Crippen LogP contribution is -2.51. The highest BCUT2D eigenvalue weighted by molar-refractivity contribution is 6.01. The van der Waals surface area contributed by atoms with Crippen molar-refractivity contribution in [2.45, 2.75) is 31.8 Å². The summed E-state index contributed by atoms with van der Waals surface area (Å²) in [7, 11) is 0. The van der Waals surface area contributed by atoms with Crippen LogP contribution >= 0.6 is 0 Å². The van der Waals surface area contributed by atoms with Crippen molar-refractivity contribution in [3.05, 3.63) is 54.6 Å². The van der Waals surface area contributed by atoms with E-state index in [1.807, 2.05) is 6.07 Å². The van der Waals surface area contributed by atoms with Crippen LogP contribution in [-0.2, 0) is 11.3 Å². The molecule has 0 saturated carbocycles. The Morgan fingerprint density at radius 1 is 1.24 bits per heavy atom.